The fraction of sp³-hybridized carbons (Fsp3) is 0.650. The van der Waals surface area contributed by atoms with Gasteiger partial charge in [0.05, 0.1) is 0 Å². The molecule has 0 heterocycles. The van der Waals surface area contributed by atoms with Crippen molar-refractivity contribution in [2.75, 3.05) is 0 Å². The molecule has 0 aliphatic carbocycles. The van der Waals surface area contributed by atoms with Gasteiger partial charge in [0, 0.05) is 12.2 Å². The normalized spacial score (nSPS) is 13.2. The Morgan fingerprint density at radius 1 is 1.04 bits per heavy atom. The highest BCUT2D eigenvalue weighted by molar-refractivity contribution is 6.45. The molecular formula is C20H35BO5. The lowest BCUT2D eigenvalue weighted by Crippen LogP contribution is -2.22. The molecule has 1 atom stereocenters. The lowest BCUT2D eigenvalue weighted by Gasteiger charge is -2.11. The highest BCUT2D eigenvalue weighted by atomic mass is 17.1. The molecule has 3 N–H and O–H groups in total. The molecule has 0 aromatic heterocycles. The van der Waals surface area contributed by atoms with Crippen molar-refractivity contribution in [3.63, 3.8) is 0 Å². The quantitative estimate of drug-likeness (QED) is 0.0802. The molecule has 0 aromatic rings. The van der Waals surface area contributed by atoms with Crippen molar-refractivity contribution in [1.82, 2.24) is 0 Å². The van der Waals surface area contributed by atoms with Gasteiger partial charge in [-0.25, -0.2) is 0 Å². The number of carboxylic acid groups (broad SMARTS) is 1. The van der Waals surface area contributed by atoms with Crippen LogP contribution in [0.4, 0.5) is 0 Å². The van der Waals surface area contributed by atoms with E-state index >= 15 is 0 Å². The number of allylic oxidation sites excluding steroid dienone is 6. The van der Waals surface area contributed by atoms with Gasteiger partial charge in [-0.2, -0.15) is 0 Å². The van der Waals surface area contributed by atoms with Crippen LogP contribution in [0.3, 0.4) is 0 Å². The minimum atomic E-state index is -1.34. The number of aliphatic carboxylic acids is 1. The largest absolute Gasteiger partial charge is 0.494 e. The second-order valence-corrected chi connectivity index (χ2v) is 6.52. The third-order valence-corrected chi connectivity index (χ3v) is 4.17. The number of rotatable bonds is 17. The van der Waals surface area contributed by atoms with E-state index in [1.807, 2.05) is 12.2 Å². The van der Waals surface area contributed by atoms with Gasteiger partial charge in [-0.3, -0.25) is 14.9 Å². The van der Waals surface area contributed by atoms with E-state index in [-0.39, 0.29) is 6.42 Å². The first kappa shape index (κ1) is 24.6. The highest BCUT2D eigenvalue weighted by Crippen LogP contribution is 2.19. The minimum absolute atomic E-state index is 0.0295. The van der Waals surface area contributed by atoms with Gasteiger partial charge in [0.2, 0.25) is 0 Å². The Balaban J connectivity index is 3.91. The Kier molecular flexibility index (Phi) is 17.5. The number of hydrogen-bond donors (Lipinski definition) is 3. The van der Waals surface area contributed by atoms with Gasteiger partial charge in [0.1, 0.15) is 0 Å². The Labute approximate surface area is 158 Å². The second-order valence-electron chi connectivity index (χ2n) is 6.52. The standard InChI is InChI=1S/C20H35BO5/c1-2-3-4-5-6-7-8-9-10-11-12-13-14-16-19(21(24)26-25)17-15-18-20(22)23/h9-10,12-14,16,19,24-25H,2-8,11,15,17-18H2,1H3,(H,22,23). The van der Waals surface area contributed by atoms with Crippen LogP contribution in [-0.4, -0.2) is 28.5 Å². The molecule has 0 spiro atoms. The van der Waals surface area contributed by atoms with Gasteiger partial charge in [0.25, 0.3) is 0 Å². The molecule has 0 radical (unpaired) electrons. The van der Waals surface area contributed by atoms with Crippen LogP contribution in [0.15, 0.2) is 36.5 Å². The summed E-state index contributed by atoms with van der Waals surface area (Å²) >= 11 is 0. The van der Waals surface area contributed by atoms with Crippen molar-refractivity contribution >= 4 is 13.1 Å². The Morgan fingerprint density at radius 2 is 1.77 bits per heavy atom. The lowest BCUT2D eigenvalue weighted by atomic mass is 9.70. The van der Waals surface area contributed by atoms with E-state index in [9.17, 15) is 9.82 Å². The van der Waals surface area contributed by atoms with Gasteiger partial charge in [-0.15, -0.1) is 0 Å². The predicted molar refractivity (Wildman–Crippen MR) is 107 cm³/mol. The molecular weight excluding hydrogens is 331 g/mol. The van der Waals surface area contributed by atoms with Crippen LogP contribution >= 0.6 is 0 Å². The second kappa shape index (κ2) is 18.4. The van der Waals surface area contributed by atoms with Crippen molar-refractivity contribution in [2.24, 2.45) is 0 Å². The lowest BCUT2D eigenvalue weighted by molar-refractivity contribution is -0.159. The van der Waals surface area contributed by atoms with Gasteiger partial charge < -0.3 is 10.1 Å². The van der Waals surface area contributed by atoms with E-state index in [4.69, 9.17) is 10.4 Å². The number of unbranched alkanes of at least 4 members (excludes halogenated alkanes) is 6. The summed E-state index contributed by atoms with van der Waals surface area (Å²) < 4.78 is 0. The summed E-state index contributed by atoms with van der Waals surface area (Å²) in [6.45, 7) is 2.23. The SMILES string of the molecule is CCCCCCCCC=CCC=CC=CC(CCCC(=O)O)B(O)OO. The van der Waals surface area contributed by atoms with Crippen LogP contribution in [-0.2, 0) is 9.60 Å². The van der Waals surface area contributed by atoms with Crippen molar-refractivity contribution in [2.45, 2.75) is 83.4 Å². The summed E-state index contributed by atoms with van der Waals surface area (Å²) in [5, 5.41) is 26.8. The molecule has 0 amide bonds. The molecule has 0 saturated carbocycles. The molecule has 0 aliphatic heterocycles. The average molecular weight is 366 g/mol. The summed E-state index contributed by atoms with van der Waals surface area (Å²) in [4.78, 5) is 14.5. The summed E-state index contributed by atoms with van der Waals surface area (Å²) in [5.74, 6) is -1.31. The van der Waals surface area contributed by atoms with Crippen molar-refractivity contribution in [3.8, 4) is 0 Å². The molecule has 1 unspecified atom stereocenters. The van der Waals surface area contributed by atoms with Crippen molar-refractivity contribution in [1.29, 1.82) is 0 Å². The zero-order chi connectivity index (χ0) is 19.5. The van der Waals surface area contributed by atoms with Crippen molar-refractivity contribution < 1.29 is 25.0 Å². The molecule has 0 saturated heterocycles. The average Bonchev–Trinajstić information content (AvgIpc) is 2.63. The van der Waals surface area contributed by atoms with Crippen LogP contribution in [0.5, 0.6) is 0 Å². The fourth-order valence-corrected chi connectivity index (χ4v) is 2.60. The van der Waals surface area contributed by atoms with Gasteiger partial charge >= 0.3 is 13.1 Å². The Morgan fingerprint density at radius 3 is 2.46 bits per heavy atom. The van der Waals surface area contributed by atoms with E-state index in [1.54, 1.807) is 12.2 Å². The van der Waals surface area contributed by atoms with E-state index in [0.29, 0.717) is 12.8 Å². The maximum atomic E-state index is 10.5. The van der Waals surface area contributed by atoms with Crippen LogP contribution in [0.2, 0.25) is 5.82 Å². The third-order valence-electron chi connectivity index (χ3n) is 4.17. The maximum Gasteiger partial charge on any atom is 0.494 e. The Hall–Kier alpha value is -1.37. The van der Waals surface area contributed by atoms with Gasteiger partial charge in [-0.05, 0) is 32.1 Å². The first-order valence-corrected chi connectivity index (χ1v) is 9.80. The van der Waals surface area contributed by atoms with Crippen molar-refractivity contribution in [3.05, 3.63) is 36.5 Å². The van der Waals surface area contributed by atoms with Crippen LogP contribution < -0.4 is 0 Å². The summed E-state index contributed by atoms with van der Waals surface area (Å²) in [6.07, 6.45) is 22.5. The smallest absolute Gasteiger partial charge is 0.481 e. The molecule has 0 aromatic carbocycles. The number of hydrogen-bond acceptors (Lipinski definition) is 4. The molecule has 0 aliphatic rings. The number of carbonyl (C=O) groups is 1. The minimum Gasteiger partial charge on any atom is -0.481 e. The zero-order valence-corrected chi connectivity index (χ0v) is 16.1. The third kappa shape index (κ3) is 16.1. The van der Waals surface area contributed by atoms with E-state index in [2.05, 4.69) is 23.9 Å². The summed E-state index contributed by atoms with van der Waals surface area (Å²) in [5.41, 5.74) is 0. The maximum absolute atomic E-state index is 10.5. The molecule has 0 fully saturated rings. The highest BCUT2D eigenvalue weighted by Gasteiger charge is 2.24. The van der Waals surface area contributed by atoms with Crippen LogP contribution in [0.1, 0.15) is 77.6 Å². The summed E-state index contributed by atoms with van der Waals surface area (Å²) in [6, 6.07) is 0. The number of carboxylic acids is 1. The van der Waals surface area contributed by atoms with E-state index < -0.39 is 18.9 Å². The molecule has 26 heavy (non-hydrogen) atoms. The first-order chi connectivity index (χ1) is 12.6. The molecule has 148 valence electrons. The first-order valence-electron chi connectivity index (χ1n) is 9.80. The monoisotopic (exact) mass is 366 g/mol. The summed E-state index contributed by atoms with van der Waals surface area (Å²) in [7, 11) is -1.34. The van der Waals surface area contributed by atoms with E-state index in [1.165, 1.54) is 38.5 Å². The molecule has 6 heteroatoms. The molecule has 0 rings (SSSR count). The van der Waals surface area contributed by atoms with E-state index in [0.717, 1.165) is 12.8 Å². The topological polar surface area (TPSA) is 87.0 Å². The van der Waals surface area contributed by atoms with Crippen LogP contribution in [0, 0.1) is 0 Å². The molecule has 0 bridgehead atoms. The fourth-order valence-electron chi connectivity index (χ4n) is 2.60. The molecule has 5 nitrogen and oxygen atoms in total. The predicted octanol–water partition coefficient (Wildman–Crippen LogP) is 5.39. The Bertz CT molecular complexity index is 420. The zero-order valence-electron chi connectivity index (χ0n) is 16.1. The van der Waals surface area contributed by atoms with Gasteiger partial charge in [0.15, 0.2) is 0 Å². The van der Waals surface area contributed by atoms with Crippen LogP contribution in [0.25, 0.3) is 0 Å². The van der Waals surface area contributed by atoms with Gasteiger partial charge in [-0.1, -0.05) is 75.5 Å².